The van der Waals surface area contributed by atoms with Crippen molar-refractivity contribution in [1.29, 1.82) is 0 Å². The summed E-state index contributed by atoms with van der Waals surface area (Å²) in [6.07, 6.45) is 9.56. The molecule has 0 saturated heterocycles. The first-order valence-corrected chi connectivity index (χ1v) is 11.2. The second-order valence-electron chi connectivity index (χ2n) is 5.10. The lowest BCUT2D eigenvalue weighted by molar-refractivity contribution is 0.474. The molecule has 1 aliphatic heterocycles. The second kappa shape index (κ2) is 19.7. The van der Waals surface area contributed by atoms with E-state index >= 15 is 0 Å². The zero-order chi connectivity index (χ0) is 24.3. The number of aromatic nitrogens is 3. The predicted octanol–water partition coefficient (Wildman–Crippen LogP) is 7.46. The van der Waals surface area contributed by atoms with Crippen LogP contribution in [0.2, 0.25) is 0 Å². The third kappa shape index (κ3) is 8.02. The Morgan fingerprint density at radius 1 is 0.867 bits per heavy atom. The van der Waals surface area contributed by atoms with E-state index < -0.39 is 0 Å². The Kier molecular flexibility index (Phi) is 21.0. The molecule has 0 radical (unpaired) electrons. The summed E-state index contributed by atoms with van der Waals surface area (Å²) in [4.78, 5) is 2.15. The Hall–Kier alpha value is -2.62. The van der Waals surface area contributed by atoms with Crippen LogP contribution in [0, 0.1) is 0 Å². The van der Waals surface area contributed by atoms with E-state index in [4.69, 9.17) is 0 Å². The molecule has 0 unspecified atom stereocenters. The van der Waals surface area contributed by atoms with Gasteiger partial charge in [0.05, 0.1) is 5.69 Å². The molecule has 0 spiro atoms. The second-order valence-corrected chi connectivity index (χ2v) is 5.10. The quantitative estimate of drug-likeness (QED) is 0.514. The number of rotatable bonds is 3. The summed E-state index contributed by atoms with van der Waals surface area (Å²) in [5.74, 6) is 0. The van der Waals surface area contributed by atoms with Crippen molar-refractivity contribution >= 4 is 11.1 Å². The molecule has 1 aromatic heterocycles. The van der Waals surface area contributed by atoms with E-state index in [0.29, 0.717) is 0 Å². The van der Waals surface area contributed by atoms with Crippen molar-refractivity contribution < 1.29 is 0 Å². The van der Waals surface area contributed by atoms with Gasteiger partial charge in [0, 0.05) is 37.5 Å². The van der Waals surface area contributed by atoms with Crippen molar-refractivity contribution in [3.63, 3.8) is 0 Å². The van der Waals surface area contributed by atoms with Gasteiger partial charge in [-0.2, -0.15) is 0 Å². The van der Waals surface area contributed by atoms with Crippen molar-refractivity contribution in [1.82, 2.24) is 19.9 Å². The van der Waals surface area contributed by atoms with Gasteiger partial charge in [0.2, 0.25) is 0 Å². The smallest absolute Gasteiger partial charge is 0.123 e. The minimum Gasteiger partial charge on any atom is -0.370 e. The van der Waals surface area contributed by atoms with Gasteiger partial charge in [-0.3, -0.25) is 0 Å². The molecule has 2 rings (SSSR count). The molecule has 0 saturated carbocycles. The number of fused-ring (bicyclic) bond motifs is 1. The van der Waals surface area contributed by atoms with E-state index in [-0.39, 0.29) is 0 Å². The highest BCUT2D eigenvalue weighted by Gasteiger charge is 2.25. The Balaban J connectivity index is -0.000000815. The Labute approximate surface area is 187 Å². The standard InChI is InChI=1S/C18H22N4.4C2H6/c1-7-11-15-13(8-2)12-21(5)16(10-4)14(9-3)17-18(15)22(6)20-19-17;4*1-2/h7-11H,1,3-4,12H2,2,5-6H3;4*1-2H3/b13-8-,15-11+,16-14-;;;;. The average molecular weight is 415 g/mol. The lowest BCUT2D eigenvalue weighted by atomic mass is 9.93. The molecule has 0 fully saturated rings. The molecule has 0 aromatic carbocycles. The normalized spacial score (nSPS) is 17.1. The highest BCUT2D eigenvalue weighted by Crippen LogP contribution is 2.34. The fourth-order valence-corrected chi connectivity index (χ4v) is 2.76. The number of hydrogen-bond acceptors (Lipinski definition) is 3. The molecule has 0 amide bonds. The maximum absolute atomic E-state index is 4.35. The largest absolute Gasteiger partial charge is 0.370 e. The summed E-state index contributed by atoms with van der Waals surface area (Å²) in [5.41, 5.74) is 5.98. The highest BCUT2D eigenvalue weighted by atomic mass is 15.4. The monoisotopic (exact) mass is 414 g/mol. The van der Waals surface area contributed by atoms with E-state index in [9.17, 15) is 0 Å². The predicted molar refractivity (Wildman–Crippen MR) is 138 cm³/mol. The molecule has 1 aliphatic rings. The van der Waals surface area contributed by atoms with Gasteiger partial charge >= 0.3 is 0 Å². The third-order valence-electron chi connectivity index (χ3n) is 3.81. The average Bonchev–Trinajstić information content (AvgIpc) is 3.19. The van der Waals surface area contributed by atoms with Crippen LogP contribution in [0.5, 0.6) is 0 Å². The molecule has 1 aromatic rings. The molecule has 0 bridgehead atoms. The fourth-order valence-electron chi connectivity index (χ4n) is 2.76. The van der Waals surface area contributed by atoms with Crippen LogP contribution in [-0.2, 0) is 7.05 Å². The van der Waals surface area contributed by atoms with Crippen LogP contribution in [0.15, 0.2) is 61.4 Å². The minimum absolute atomic E-state index is 0.763. The minimum atomic E-state index is 0.763. The van der Waals surface area contributed by atoms with Crippen molar-refractivity contribution in [3.8, 4) is 0 Å². The summed E-state index contributed by atoms with van der Waals surface area (Å²) >= 11 is 0. The fraction of sp³-hybridized carbons (Fsp3) is 0.462. The Bertz CT molecular complexity index is 715. The van der Waals surface area contributed by atoms with Crippen molar-refractivity contribution in [2.24, 2.45) is 7.05 Å². The number of nitrogens with zero attached hydrogens (tertiary/aromatic N) is 4. The molecular formula is C26H46N4. The Morgan fingerprint density at radius 3 is 1.80 bits per heavy atom. The van der Waals surface area contributed by atoms with Crippen LogP contribution in [0.4, 0.5) is 0 Å². The first-order chi connectivity index (χ1) is 14.6. The van der Waals surface area contributed by atoms with Crippen molar-refractivity contribution in [2.45, 2.75) is 62.3 Å². The van der Waals surface area contributed by atoms with E-state index in [0.717, 1.165) is 34.8 Å². The molecule has 0 atom stereocenters. The van der Waals surface area contributed by atoms with Crippen LogP contribution in [0.1, 0.15) is 73.7 Å². The lowest BCUT2D eigenvalue weighted by Crippen LogP contribution is -2.23. The van der Waals surface area contributed by atoms with Crippen LogP contribution >= 0.6 is 0 Å². The molecule has 0 N–H and O–H groups in total. The summed E-state index contributed by atoms with van der Waals surface area (Å²) in [5, 5.41) is 8.56. The maximum Gasteiger partial charge on any atom is 0.123 e. The number of hydrogen-bond donors (Lipinski definition) is 0. The van der Waals surface area contributed by atoms with E-state index in [1.807, 2.05) is 94.6 Å². The van der Waals surface area contributed by atoms with Gasteiger partial charge < -0.3 is 4.90 Å². The van der Waals surface area contributed by atoms with E-state index in [1.165, 1.54) is 5.57 Å². The molecule has 4 nitrogen and oxygen atoms in total. The summed E-state index contributed by atoms with van der Waals surface area (Å²) in [6.45, 7) is 30.5. The number of aryl methyl sites for hydroxylation is 1. The van der Waals surface area contributed by atoms with Gasteiger partial charge in [0.15, 0.2) is 0 Å². The van der Waals surface area contributed by atoms with Gasteiger partial charge in [0.25, 0.3) is 0 Å². The highest BCUT2D eigenvalue weighted by molar-refractivity contribution is 5.89. The molecule has 30 heavy (non-hydrogen) atoms. The van der Waals surface area contributed by atoms with Gasteiger partial charge in [-0.15, -0.1) is 5.10 Å². The molecule has 4 heteroatoms. The van der Waals surface area contributed by atoms with Crippen LogP contribution < -0.4 is 0 Å². The Morgan fingerprint density at radius 2 is 1.40 bits per heavy atom. The van der Waals surface area contributed by atoms with Gasteiger partial charge in [-0.1, -0.05) is 105 Å². The first kappa shape index (κ1) is 32.1. The topological polar surface area (TPSA) is 34.0 Å². The van der Waals surface area contributed by atoms with Crippen LogP contribution in [-0.4, -0.2) is 33.5 Å². The van der Waals surface area contributed by atoms with Gasteiger partial charge in [-0.25, -0.2) is 4.68 Å². The van der Waals surface area contributed by atoms with Crippen molar-refractivity contribution in [3.05, 3.63) is 72.8 Å². The van der Waals surface area contributed by atoms with Crippen LogP contribution in [0.25, 0.3) is 11.1 Å². The maximum atomic E-state index is 4.35. The summed E-state index contributed by atoms with van der Waals surface area (Å²) in [7, 11) is 3.94. The van der Waals surface area contributed by atoms with Gasteiger partial charge in [0.1, 0.15) is 5.69 Å². The SMILES string of the molecule is C=C/C=C1\C(=C/C)CN(C)/C(C=C)=C(/C=C)c2nnn(C)c21.CC.CC.CC.CC. The molecule has 0 aliphatic carbocycles. The first-order valence-electron chi connectivity index (χ1n) is 11.2. The number of likely N-dealkylation sites (N-methyl/N-ethyl adjacent to an activating group) is 1. The zero-order valence-corrected chi connectivity index (χ0v) is 21.5. The number of allylic oxidation sites excluding steroid dienone is 6. The third-order valence-corrected chi connectivity index (χ3v) is 3.81. The van der Waals surface area contributed by atoms with E-state index in [1.54, 1.807) is 10.8 Å². The summed E-state index contributed by atoms with van der Waals surface area (Å²) in [6, 6.07) is 0. The molecule has 170 valence electrons. The van der Waals surface area contributed by atoms with Gasteiger partial charge in [-0.05, 0) is 18.6 Å². The molecular weight excluding hydrogens is 368 g/mol. The van der Waals surface area contributed by atoms with Crippen molar-refractivity contribution in [2.75, 3.05) is 13.6 Å². The zero-order valence-electron chi connectivity index (χ0n) is 21.5. The van der Waals surface area contributed by atoms with Crippen LogP contribution in [0.3, 0.4) is 0 Å². The molecule has 2 heterocycles. The lowest BCUT2D eigenvalue weighted by Gasteiger charge is -2.28. The summed E-state index contributed by atoms with van der Waals surface area (Å²) < 4.78 is 1.80. The van der Waals surface area contributed by atoms with E-state index in [2.05, 4.69) is 41.0 Å².